The summed E-state index contributed by atoms with van der Waals surface area (Å²) in [6.07, 6.45) is 4.27. The van der Waals surface area contributed by atoms with E-state index in [0.717, 1.165) is 47.8 Å². The minimum Gasteiger partial charge on any atom is -0.493 e. The highest BCUT2D eigenvalue weighted by Gasteiger charge is 2.48. The Labute approximate surface area is 278 Å². The number of rotatable bonds is 16. The first-order valence-electron chi connectivity index (χ1n) is 16.9. The largest absolute Gasteiger partial charge is 0.493 e. The van der Waals surface area contributed by atoms with Gasteiger partial charge in [-0.05, 0) is 55.0 Å². The number of ether oxygens (including phenoxy) is 3. The molecule has 1 N–H and O–H groups in total. The number of likely N-dealkylation sites (tertiary alicyclic amines) is 1. The third-order valence-corrected chi connectivity index (χ3v) is 9.71. The predicted molar refractivity (Wildman–Crippen MR) is 178 cm³/mol. The van der Waals surface area contributed by atoms with Gasteiger partial charge in [-0.25, -0.2) is 0 Å². The van der Waals surface area contributed by atoms with Crippen molar-refractivity contribution in [2.75, 3.05) is 74.3 Å². The van der Waals surface area contributed by atoms with Crippen LogP contribution in [0.2, 0.25) is 0 Å². The van der Waals surface area contributed by atoms with Gasteiger partial charge in [0.2, 0.25) is 18.4 Å². The van der Waals surface area contributed by atoms with Crippen LogP contribution >= 0.6 is 0 Å². The topological polar surface area (TPSA) is 109 Å². The molecule has 47 heavy (non-hydrogen) atoms. The fourth-order valence-corrected chi connectivity index (χ4v) is 7.21. The lowest BCUT2D eigenvalue weighted by atomic mass is 9.84. The number of quaternary nitrogens is 1. The van der Waals surface area contributed by atoms with Crippen molar-refractivity contribution in [3.63, 3.8) is 0 Å². The van der Waals surface area contributed by atoms with Gasteiger partial charge in [0, 0.05) is 50.2 Å². The maximum absolute atomic E-state index is 14.0. The monoisotopic (exact) mass is 651 g/mol. The lowest BCUT2D eigenvalue weighted by molar-refractivity contribution is -0.870. The molecule has 0 saturated carbocycles. The highest BCUT2D eigenvalue weighted by atomic mass is 16.7. The SMILES string of the molecule is CCCCN(CCCC[N+](C)(C)C)C(=O)CN1C[C@H](c2cc(OC)c3c(c2)OCO3)[C@@H](C(=O)O)[C@@H]1CCN1Cc2ccccc2C1=O. The zero-order chi connectivity index (χ0) is 33.7. The molecule has 256 valence electrons. The number of fused-ring (bicyclic) bond motifs is 2. The van der Waals surface area contributed by atoms with Crippen molar-refractivity contribution >= 4 is 17.8 Å². The maximum atomic E-state index is 14.0. The number of hydrogen-bond donors (Lipinski definition) is 1. The number of carboxylic acid groups (broad SMARTS) is 1. The summed E-state index contributed by atoms with van der Waals surface area (Å²) in [6.45, 7) is 5.99. The Hall–Kier alpha value is -3.83. The fraction of sp³-hybridized carbons (Fsp3) is 0.583. The van der Waals surface area contributed by atoms with Gasteiger partial charge in [0.1, 0.15) is 0 Å². The Bertz CT molecular complexity index is 1440. The van der Waals surface area contributed by atoms with Crippen molar-refractivity contribution < 1.29 is 38.2 Å². The zero-order valence-electron chi connectivity index (χ0n) is 28.6. The molecule has 0 unspecified atom stereocenters. The third-order valence-electron chi connectivity index (χ3n) is 9.71. The molecule has 1 saturated heterocycles. The molecule has 3 atom stereocenters. The van der Waals surface area contributed by atoms with Crippen LogP contribution in [0, 0.1) is 5.92 Å². The standard InChI is InChI=1S/C36H50N4O7/c1-6-7-15-37(16-10-11-18-40(2,3)4)32(41)23-39-22-28(26-19-30(45-5)34-31(20-26)46-24-47-34)33(36(43)44)29(39)14-17-38-21-25-12-8-9-13-27(25)35(38)42/h8-9,12-13,19-20,28-29,33H,6-7,10-11,14-18,21-24H2,1-5H3/p+1/t28-,29+,33-/m1/s1. The van der Waals surface area contributed by atoms with E-state index in [4.69, 9.17) is 14.2 Å². The average molecular weight is 652 g/mol. The summed E-state index contributed by atoms with van der Waals surface area (Å²) in [6, 6.07) is 10.8. The smallest absolute Gasteiger partial charge is 0.308 e. The first-order valence-corrected chi connectivity index (χ1v) is 16.9. The van der Waals surface area contributed by atoms with Gasteiger partial charge in [-0.1, -0.05) is 31.5 Å². The minimum absolute atomic E-state index is 0.0198. The van der Waals surface area contributed by atoms with E-state index in [2.05, 4.69) is 28.1 Å². The van der Waals surface area contributed by atoms with Gasteiger partial charge >= 0.3 is 5.97 Å². The molecule has 3 heterocycles. The molecule has 0 bridgehead atoms. The quantitative estimate of drug-likeness (QED) is 0.214. The van der Waals surface area contributed by atoms with E-state index in [9.17, 15) is 19.5 Å². The van der Waals surface area contributed by atoms with Crippen LogP contribution in [-0.4, -0.2) is 122 Å². The molecular formula is C36H51N4O7+. The van der Waals surface area contributed by atoms with Crippen molar-refractivity contribution in [2.24, 2.45) is 5.92 Å². The van der Waals surface area contributed by atoms with E-state index < -0.39 is 23.8 Å². The number of carbonyl (C=O) groups excluding carboxylic acids is 2. The second-order valence-corrected chi connectivity index (χ2v) is 14.1. The highest BCUT2D eigenvalue weighted by Crippen LogP contribution is 2.47. The van der Waals surface area contributed by atoms with Crippen molar-refractivity contribution in [3.05, 3.63) is 53.1 Å². The molecule has 0 spiro atoms. The first kappa shape index (κ1) is 34.5. The van der Waals surface area contributed by atoms with E-state index in [1.807, 2.05) is 46.2 Å². The van der Waals surface area contributed by atoms with Crippen LogP contribution in [0.25, 0.3) is 0 Å². The number of nitrogens with zero attached hydrogens (tertiary/aromatic N) is 4. The number of methoxy groups -OCH3 is 1. The van der Waals surface area contributed by atoms with E-state index in [1.165, 1.54) is 0 Å². The summed E-state index contributed by atoms with van der Waals surface area (Å²) in [5.41, 5.74) is 2.45. The van der Waals surface area contributed by atoms with E-state index in [-0.39, 0.29) is 25.2 Å². The normalized spacial score (nSPS) is 20.5. The summed E-state index contributed by atoms with van der Waals surface area (Å²) in [5, 5.41) is 10.7. The molecule has 3 aliphatic heterocycles. The molecular weight excluding hydrogens is 600 g/mol. The van der Waals surface area contributed by atoms with Gasteiger partial charge < -0.3 is 33.6 Å². The number of carbonyl (C=O) groups is 3. The molecule has 0 aromatic heterocycles. The van der Waals surface area contributed by atoms with Crippen molar-refractivity contribution in [2.45, 2.75) is 57.5 Å². The summed E-state index contributed by atoms with van der Waals surface area (Å²) in [4.78, 5) is 46.1. The van der Waals surface area contributed by atoms with Crippen LogP contribution < -0.4 is 14.2 Å². The molecule has 2 aromatic rings. The van der Waals surface area contributed by atoms with Crippen molar-refractivity contribution in [3.8, 4) is 17.2 Å². The zero-order valence-corrected chi connectivity index (χ0v) is 28.6. The number of amides is 2. The van der Waals surface area contributed by atoms with Gasteiger partial charge in [0.25, 0.3) is 5.91 Å². The molecule has 5 rings (SSSR count). The lowest BCUT2D eigenvalue weighted by Crippen LogP contribution is -2.46. The first-order chi connectivity index (χ1) is 22.5. The van der Waals surface area contributed by atoms with Gasteiger partial charge in [-0.2, -0.15) is 0 Å². The van der Waals surface area contributed by atoms with Crippen LogP contribution in [0.5, 0.6) is 17.2 Å². The lowest BCUT2D eigenvalue weighted by Gasteiger charge is -2.31. The second kappa shape index (κ2) is 14.9. The molecule has 2 aromatic carbocycles. The van der Waals surface area contributed by atoms with Gasteiger partial charge in [-0.3, -0.25) is 19.3 Å². The summed E-state index contributed by atoms with van der Waals surface area (Å²) < 4.78 is 17.7. The molecule has 3 aliphatic rings. The number of carboxylic acids is 1. The van der Waals surface area contributed by atoms with E-state index in [1.54, 1.807) is 12.0 Å². The summed E-state index contributed by atoms with van der Waals surface area (Å²) >= 11 is 0. The maximum Gasteiger partial charge on any atom is 0.308 e. The predicted octanol–water partition coefficient (Wildman–Crippen LogP) is 4.05. The van der Waals surface area contributed by atoms with Crippen LogP contribution in [0.15, 0.2) is 36.4 Å². The Morgan fingerprint density at radius 2 is 1.85 bits per heavy atom. The number of benzene rings is 2. The van der Waals surface area contributed by atoms with E-state index in [0.29, 0.717) is 62.0 Å². The van der Waals surface area contributed by atoms with Crippen molar-refractivity contribution in [1.82, 2.24) is 14.7 Å². The summed E-state index contributed by atoms with van der Waals surface area (Å²) in [7, 11) is 8.07. The van der Waals surface area contributed by atoms with Crippen molar-refractivity contribution in [1.29, 1.82) is 0 Å². The number of hydrogen-bond acceptors (Lipinski definition) is 7. The second-order valence-electron chi connectivity index (χ2n) is 14.1. The highest BCUT2D eigenvalue weighted by molar-refractivity contribution is 5.98. The molecule has 11 heteroatoms. The Morgan fingerprint density at radius 3 is 2.55 bits per heavy atom. The third kappa shape index (κ3) is 8.01. The van der Waals surface area contributed by atoms with Crippen LogP contribution in [0.3, 0.4) is 0 Å². The molecule has 11 nitrogen and oxygen atoms in total. The Balaban J connectivity index is 1.39. The average Bonchev–Trinajstić information content (AvgIpc) is 3.74. The van der Waals surface area contributed by atoms with E-state index >= 15 is 0 Å². The van der Waals surface area contributed by atoms with Crippen LogP contribution in [0.4, 0.5) is 0 Å². The Kier molecular flexibility index (Phi) is 11.0. The number of unbranched alkanes of at least 4 members (excludes halogenated alkanes) is 2. The minimum atomic E-state index is -0.925. The van der Waals surface area contributed by atoms with Gasteiger partial charge in [0.05, 0.1) is 47.3 Å². The molecule has 2 amide bonds. The number of aliphatic carboxylic acids is 1. The fourth-order valence-electron chi connectivity index (χ4n) is 7.21. The van der Waals surface area contributed by atoms with Crippen LogP contribution in [0.1, 0.15) is 66.4 Å². The van der Waals surface area contributed by atoms with Gasteiger partial charge in [0.15, 0.2) is 11.5 Å². The molecule has 1 fully saturated rings. The molecule has 0 radical (unpaired) electrons. The Morgan fingerprint density at radius 1 is 1.09 bits per heavy atom. The van der Waals surface area contributed by atoms with Gasteiger partial charge in [-0.15, -0.1) is 0 Å². The summed E-state index contributed by atoms with van der Waals surface area (Å²) in [5.74, 6) is -0.647. The van der Waals surface area contributed by atoms with Crippen LogP contribution in [-0.2, 0) is 16.1 Å². The molecule has 0 aliphatic carbocycles.